The molecular weight excluding hydrogens is 302 g/mol. The summed E-state index contributed by atoms with van der Waals surface area (Å²) in [6, 6.07) is 7.44. The van der Waals surface area contributed by atoms with Crippen LogP contribution in [0.5, 0.6) is 5.75 Å². The highest BCUT2D eigenvalue weighted by Crippen LogP contribution is 2.27. The average Bonchev–Trinajstić information content (AvgIpc) is 2.83. The summed E-state index contributed by atoms with van der Waals surface area (Å²) >= 11 is 5.86. The van der Waals surface area contributed by atoms with Crippen molar-refractivity contribution in [2.75, 3.05) is 6.61 Å². The molecule has 0 radical (unpaired) electrons. The molecule has 1 aromatic rings. The second kappa shape index (κ2) is 7.23. The molecule has 1 aliphatic rings. The maximum Gasteiger partial charge on any atom is 0.407 e. The molecule has 22 heavy (non-hydrogen) atoms. The maximum absolute atomic E-state index is 11.9. The molecular formula is C17H24ClNO3. The highest BCUT2D eigenvalue weighted by Gasteiger charge is 2.30. The molecule has 1 fully saturated rings. The van der Waals surface area contributed by atoms with Crippen molar-refractivity contribution in [3.8, 4) is 5.75 Å². The number of rotatable bonds is 4. The first-order valence-corrected chi connectivity index (χ1v) is 8.09. The molecule has 1 aliphatic carbocycles. The van der Waals surface area contributed by atoms with E-state index in [1.807, 2.05) is 45.0 Å². The molecule has 122 valence electrons. The van der Waals surface area contributed by atoms with Crippen LogP contribution in [-0.2, 0) is 4.74 Å². The van der Waals surface area contributed by atoms with Crippen LogP contribution in [0.3, 0.4) is 0 Å². The molecule has 0 saturated heterocycles. The Morgan fingerprint density at radius 2 is 1.95 bits per heavy atom. The Morgan fingerprint density at radius 3 is 2.59 bits per heavy atom. The van der Waals surface area contributed by atoms with Crippen molar-refractivity contribution in [1.82, 2.24) is 5.32 Å². The summed E-state index contributed by atoms with van der Waals surface area (Å²) in [7, 11) is 0. The molecule has 0 unspecified atom stereocenters. The summed E-state index contributed by atoms with van der Waals surface area (Å²) in [5, 5.41) is 3.66. The van der Waals surface area contributed by atoms with Crippen LogP contribution >= 0.6 is 11.6 Å². The Labute approximate surface area is 137 Å². The van der Waals surface area contributed by atoms with Crippen LogP contribution in [0.4, 0.5) is 4.79 Å². The lowest BCUT2D eigenvalue weighted by Gasteiger charge is -2.24. The molecule has 2 rings (SSSR count). The minimum Gasteiger partial charge on any atom is -0.493 e. The van der Waals surface area contributed by atoms with E-state index in [1.54, 1.807) is 0 Å². The number of nitrogens with one attached hydrogen (secondary N) is 1. The first kappa shape index (κ1) is 16.9. The number of carbonyl (C=O) groups is 1. The highest BCUT2D eigenvalue weighted by molar-refractivity contribution is 6.30. The van der Waals surface area contributed by atoms with E-state index in [2.05, 4.69) is 5.32 Å². The SMILES string of the molecule is CC(C)(C)OC(=O)N[C@H]1CCC[C@@H]1COc1ccc(Cl)cc1. The number of alkyl carbamates (subject to hydrolysis) is 1. The van der Waals surface area contributed by atoms with Crippen molar-refractivity contribution >= 4 is 17.7 Å². The van der Waals surface area contributed by atoms with E-state index < -0.39 is 5.60 Å². The van der Waals surface area contributed by atoms with Crippen molar-refractivity contribution < 1.29 is 14.3 Å². The number of ether oxygens (including phenoxy) is 2. The molecule has 1 N–H and O–H groups in total. The molecule has 4 nitrogen and oxygen atoms in total. The second-order valence-electron chi connectivity index (χ2n) is 6.71. The summed E-state index contributed by atoms with van der Waals surface area (Å²) in [5.74, 6) is 1.11. The molecule has 0 heterocycles. The Kier molecular flexibility index (Phi) is 5.57. The van der Waals surface area contributed by atoms with Crippen LogP contribution in [0.1, 0.15) is 40.0 Å². The van der Waals surface area contributed by atoms with Crippen LogP contribution < -0.4 is 10.1 Å². The summed E-state index contributed by atoms with van der Waals surface area (Å²) < 4.78 is 11.1. The fourth-order valence-electron chi connectivity index (χ4n) is 2.62. The number of hydrogen-bond donors (Lipinski definition) is 1. The largest absolute Gasteiger partial charge is 0.493 e. The molecule has 0 aliphatic heterocycles. The molecule has 1 amide bonds. The van der Waals surface area contributed by atoms with Gasteiger partial charge >= 0.3 is 6.09 Å². The quantitative estimate of drug-likeness (QED) is 0.891. The van der Waals surface area contributed by atoms with Gasteiger partial charge in [-0.3, -0.25) is 0 Å². The van der Waals surface area contributed by atoms with E-state index in [1.165, 1.54) is 0 Å². The summed E-state index contributed by atoms with van der Waals surface area (Å²) in [6.45, 7) is 6.18. The molecule has 5 heteroatoms. The minimum absolute atomic E-state index is 0.113. The Bertz CT molecular complexity index is 496. The zero-order valence-electron chi connectivity index (χ0n) is 13.4. The Morgan fingerprint density at radius 1 is 1.27 bits per heavy atom. The van der Waals surface area contributed by atoms with E-state index >= 15 is 0 Å². The van der Waals surface area contributed by atoms with Crippen molar-refractivity contribution in [2.24, 2.45) is 5.92 Å². The summed E-state index contributed by atoms with van der Waals surface area (Å²) in [6.07, 6.45) is 2.76. The van der Waals surface area contributed by atoms with Gasteiger partial charge in [-0.05, 0) is 57.9 Å². The van der Waals surface area contributed by atoms with Gasteiger partial charge in [-0.2, -0.15) is 0 Å². The van der Waals surface area contributed by atoms with Crippen LogP contribution in [0.2, 0.25) is 5.02 Å². The molecule has 0 bridgehead atoms. The fraction of sp³-hybridized carbons (Fsp3) is 0.588. The van der Waals surface area contributed by atoms with E-state index in [9.17, 15) is 4.79 Å². The summed E-state index contributed by atoms with van der Waals surface area (Å²) in [4.78, 5) is 11.9. The molecule has 1 saturated carbocycles. The van der Waals surface area contributed by atoms with Gasteiger partial charge in [0.1, 0.15) is 11.4 Å². The standard InChI is InChI=1S/C17H24ClNO3/c1-17(2,3)22-16(20)19-15-6-4-5-12(15)11-21-14-9-7-13(18)8-10-14/h7-10,12,15H,4-6,11H2,1-3H3,(H,19,20)/t12-,15+/m1/s1. The van der Waals surface area contributed by atoms with Crippen molar-refractivity contribution in [3.05, 3.63) is 29.3 Å². The fourth-order valence-corrected chi connectivity index (χ4v) is 2.75. The van der Waals surface area contributed by atoms with Crippen molar-refractivity contribution in [2.45, 2.75) is 51.7 Å². The first-order chi connectivity index (χ1) is 10.3. The molecule has 1 aromatic carbocycles. The van der Waals surface area contributed by atoms with Crippen LogP contribution in [0.15, 0.2) is 24.3 Å². The van der Waals surface area contributed by atoms with Gasteiger partial charge < -0.3 is 14.8 Å². The van der Waals surface area contributed by atoms with E-state index in [-0.39, 0.29) is 12.1 Å². The zero-order chi connectivity index (χ0) is 16.2. The topological polar surface area (TPSA) is 47.6 Å². The van der Waals surface area contributed by atoms with Crippen LogP contribution in [0, 0.1) is 5.92 Å². The van der Waals surface area contributed by atoms with Gasteiger partial charge in [0.2, 0.25) is 0 Å². The van der Waals surface area contributed by atoms with Gasteiger partial charge in [0.15, 0.2) is 0 Å². The predicted molar refractivity (Wildman–Crippen MR) is 87.4 cm³/mol. The van der Waals surface area contributed by atoms with Gasteiger partial charge in [-0.1, -0.05) is 18.0 Å². The van der Waals surface area contributed by atoms with Crippen LogP contribution in [-0.4, -0.2) is 24.3 Å². The molecule has 2 atom stereocenters. The lowest BCUT2D eigenvalue weighted by atomic mass is 10.1. The second-order valence-corrected chi connectivity index (χ2v) is 7.15. The lowest BCUT2D eigenvalue weighted by molar-refractivity contribution is 0.0485. The smallest absolute Gasteiger partial charge is 0.407 e. The van der Waals surface area contributed by atoms with Crippen molar-refractivity contribution in [3.63, 3.8) is 0 Å². The minimum atomic E-state index is -0.474. The third-order valence-corrected chi connectivity index (χ3v) is 3.89. The normalized spacial score (nSPS) is 21.5. The van der Waals surface area contributed by atoms with Gasteiger partial charge in [0.25, 0.3) is 0 Å². The van der Waals surface area contributed by atoms with Gasteiger partial charge in [-0.25, -0.2) is 4.79 Å². The summed E-state index contributed by atoms with van der Waals surface area (Å²) in [5.41, 5.74) is -0.474. The molecule has 0 aromatic heterocycles. The third-order valence-electron chi connectivity index (χ3n) is 3.64. The predicted octanol–water partition coefficient (Wildman–Crippen LogP) is 4.41. The van der Waals surface area contributed by atoms with E-state index in [0.717, 1.165) is 25.0 Å². The number of carbonyl (C=O) groups excluding carboxylic acids is 1. The monoisotopic (exact) mass is 325 g/mol. The average molecular weight is 326 g/mol. The van der Waals surface area contributed by atoms with Gasteiger partial charge in [0, 0.05) is 17.0 Å². The number of hydrogen-bond acceptors (Lipinski definition) is 3. The van der Waals surface area contributed by atoms with E-state index in [0.29, 0.717) is 17.5 Å². The molecule has 0 spiro atoms. The first-order valence-electron chi connectivity index (χ1n) is 7.71. The van der Waals surface area contributed by atoms with Crippen LogP contribution in [0.25, 0.3) is 0 Å². The Hall–Kier alpha value is -1.42. The number of benzene rings is 1. The van der Waals surface area contributed by atoms with Gasteiger partial charge in [0.05, 0.1) is 6.61 Å². The highest BCUT2D eigenvalue weighted by atomic mass is 35.5. The van der Waals surface area contributed by atoms with E-state index in [4.69, 9.17) is 21.1 Å². The number of amides is 1. The van der Waals surface area contributed by atoms with Gasteiger partial charge in [-0.15, -0.1) is 0 Å². The lowest BCUT2D eigenvalue weighted by Crippen LogP contribution is -2.42. The van der Waals surface area contributed by atoms with Crippen molar-refractivity contribution in [1.29, 1.82) is 0 Å². The number of halogens is 1. The zero-order valence-corrected chi connectivity index (χ0v) is 14.2. The third kappa shape index (κ3) is 5.41. The maximum atomic E-state index is 11.9. The Balaban J connectivity index is 1.82.